The summed E-state index contributed by atoms with van der Waals surface area (Å²) in [5.74, 6) is -0.0718. The third kappa shape index (κ3) is 13.4. The van der Waals surface area contributed by atoms with Crippen LogP contribution in [0.5, 0.6) is 0 Å². The Labute approximate surface area is 156 Å². The first-order valence-electron chi connectivity index (χ1n) is 10.1. The molecule has 0 amide bonds. The van der Waals surface area contributed by atoms with Crippen molar-refractivity contribution in [1.29, 1.82) is 0 Å². The Morgan fingerprint density at radius 3 is 1.96 bits per heavy atom. The molecule has 0 fully saturated rings. The second-order valence-electron chi connectivity index (χ2n) is 6.94. The maximum absolute atomic E-state index is 11.7. The molecule has 2 atom stereocenters. The molecule has 0 aromatic rings. The number of rotatable bonds is 18. The Kier molecular flexibility index (Phi) is 15.4. The van der Waals surface area contributed by atoms with E-state index in [2.05, 4.69) is 13.1 Å². The maximum Gasteiger partial charge on any atom is 0.335 e. The van der Waals surface area contributed by atoms with E-state index in [1.807, 2.05) is 6.92 Å². The fourth-order valence-electron chi connectivity index (χ4n) is 3.04. The molecule has 0 aliphatic heterocycles. The number of unbranched alkanes of at least 4 members (excludes halogenated alkanes) is 9. The van der Waals surface area contributed by atoms with Crippen molar-refractivity contribution in [2.75, 3.05) is 13.2 Å². The molecule has 0 aromatic carbocycles. The molecule has 25 heavy (non-hydrogen) atoms. The molecule has 148 valence electrons. The van der Waals surface area contributed by atoms with Crippen LogP contribution in [-0.4, -0.2) is 38.8 Å². The van der Waals surface area contributed by atoms with E-state index in [0.29, 0.717) is 13.2 Å². The number of aliphatic hydroxyl groups is 1. The molecule has 0 heterocycles. The van der Waals surface area contributed by atoms with Gasteiger partial charge in [0.1, 0.15) is 6.10 Å². The Hall–Kier alpha value is -0.493. The zero-order chi connectivity index (χ0) is 19.0. The third-order valence-electron chi connectivity index (χ3n) is 4.52. The Bertz CT molecular complexity index is 349. The number of hydrogen-bond donors (Lipinski definition) is 1. The predicted molar refractivity (Wildman–Crippen MR) is 107 cm³/mol. The minimum atomic E-state index is -2.27. The van der Waals surface area contributed by atoms with Crippen molar-refractivity contribution in [2.24, 2.45) is 0 Å². The molecule has 0 rings (SSSR count). The van der Waals surface area contributed by atoms with Gasteiger partial charge in [-0.15, -0.1) is 0 Å². The van der Waals surface area contributed by atoms with Crippen LogP contribution in [0.2, 0.25) is 12.6 Å². The van der Waals surface area contributed by atoms with Gasteiger partial charge in [0.2, 0.25) is 0 Å². The highest BCUT2D eigenvalue weighted by molar-refractivity contribution is 6.66. The summed E-state index contributed by atoms with van der Waals surface area (Å²) >= 11 is 0. The van der Waals surface area contributed by atoms with Gasteiger partial charge in [-0.2, -0.15) is 0 Å². The molecule has 1 N–H and O–H groups in total. The zero-order valence-electron chi connectivity index (χ0n) is 16.7. The molecule has 0 saturated carbocycles. The number of hydrogen-bond acceptors (Lipinski definition) is 4. The van der Waals surface area contributed by atoms with E-state index in [1.165, 1.54) is 51.0 Å². The van der Waals surface area contributed by atoms with Crippen LogP contribution in [0.3, 0.4) is 0 Å². The molecule has 2 unspecified atom stereocenters. The highest BCUT2D eigenvalue weighted by atomic mass is 28.4. The van der Waals surface area contributed by atoms with Crippen LogP contribution in [0.15, 0.2) is 12.7 Å². The zero-order valence-corrected chi connectivity index (χ0v) is 17.7. The molecule has 4 nitrogen and oxygen atoms in total. The van der Waals surface area contributed by atoms with Gasteiger partial charge in [0, 0.05) is 13.2 Å². The SMILES string of the molecule is C=CC(=O)C(C)O[Si](C)(CCCCCCCCCCCCO)OCC. The van der Waals surface area contributed by atoms with Gasteiger partial charge in [-0.1, -0.05) is 64.4 Å². The lowest BCUT2D eigenvalue weighted by Crippen LogP contribution is -2.43. The molecule has 0 radical (unpaired) electrons. The predicted octanol–water partition coefficient (Wildman–Crippen LogP) is 5.15. The van der Waals surface area contributed by atoms with E-state index in [0.717, 1.165) is 25.3 Å². The molecular weight excluding hydrogens is 332 g/mol. The van der Waals surface area contributed by atoms with E-state index < -0.39 is 14.7 Å². The van der Waals surface area contributed by atoms with Gasteiger partial charge < -0.3 is 14.0 Å². The average molecular weight is 373 g/mol. The van der Waals surface area contributed by atoms with Gasteiger partial charge in [-0.05, 0) is 38.9 Å². The molecule has 0 aromatic heterocycles. The highest BCUT2D eigenvalue weighted by Crippen LogP contribution is 2.21. The van der Waals surface area contributed by atoms with Crippen LogP contribution in [0.1, 0.15) is 78.1 Å². The van der Waals surface area contributed by atoms with E-state index >= 15 is 0 Å². The first-order valence-corrected chi connectivity index (χ1v) is 12.6. The number of carbonyl (C=O) groups excluding carboxylic acids is 1. The normalized spacial score (nSPS) is 14.9. The summed E-state index contributed by atoms with van der Waals surface area (Å²) in [5, 5.41) is 8.73. The molecule has 0 spiro atoms. The molecule has 5 heteroatoms. The van der Waals surface area contributed by atoms with Gasteiger partial charge in [-0.25, -0.2) is 0 Å². The molecule has 0 saturated heterocycles. The minimum Gasteiger partial charge on any atom is -0.396 e. The monoisotopic (exact) mass is 372 g/mol. The molecular formula is C20H40O4Si. The van der Waals surface area contributed by atoms with Gasteiger partial charge >= 0.3 is 8.56 Å². The van der Waals surface area contributed by atoms with Gasteiger partial charge in [0.25, 0.3) is 0 Å². The van der Waals surface area contributed by atoms with Crippen molar-refractivity contribution in [3.63, 3.8) is 0 Å². The minimum absolute atomic E-state index is 0.0718. The largest absolute Gasteiger partial charge is 0.396 e. The number of carbonyl (C=O) groups is 1. The number of ketones is 1. The molecule has 0 bridgehead atoms. The quantitative estimate of drug-likeness (QED) is 0.205. The molecule has 0 aliphatic rings. The Morgan fingerprint density at radius 2 is 1.52 bits per heavy atom. The van der Waals surface area contributed by atoms with Crippen LogP contribution < -0.4 is 0 Å². The standard InChI is InChI=1S/C20H40O4Si/c1-5-20(22)19(3)24-25(4,23-6-2)18-16-14-12-10-8-7-9-11-13-15-17-21/h5,19,21H,1,6-18H2,2-4H3. The third-order valence-corrected chi connectivity index (χ3v) is 7.53. The lowest BCUT2D eigenvalue weighted by Gasteiger charge is -2.29. The Balaban J connectivity index is 3.82. The lowest BCUT2D eigenvalue weighted by molar-refractivity contribution is -0.121. The summed E-state index contributed by atoms with van der Waals surface area (Å²) in [6, 6.07) is 0.941. The van der Waals surface area contributed by atoms with Crippen molar-refractivity contribution in [3.8, 4) is 0 Å². The van der Waals surface area contributed by atoms with E-state index in [1.54, 1.807) is 6.92 Å². The van der Waals surface area contributed by atoms with Gasteiger partial charge in [-0.3, -0.25) is 4.79 Å². The van der Waals surface area contributed by atoms with Crippen molar-refractivity contribution in [3.05, 3.63) is 12.7 Å². The van der Waals surface area contributed by atoms with Crippen molar-refractivity contribution in [1.82, 2.24) is 0 Å². The van der Waals surface area contributed by atoms with Crippen LogP contribution in [0.4, 0.5) is 0 Å². The van der Waals surface area contributed by atoms with Crippen molar-refractivity contribution < 1.29 is 18.8 Å². The summed E-state index contributed by atoms with van der Waals surface area (Å²) in [6.45, 7) is 10.3. The van der Waals surface area contributed by atoms with Crippen LogP contribution in [0, 0.1) is 0 Å². The smallest absolute Gasteiger partial charge is 0.335 e. The van der Waals surface area contributed by atoms with E-state index in [-0.39, 0.29) is 5.78 Å². The topological polar surface area (TPSA) is 55.8 Å². The van der Waals surface area contributed by atoms with Gasteiger partial charge in [0.05, 0.1) is 0 Å². The van der Waals surface area contributed by atoms with Crippen molar-refractivity contribution >= 4 is 14.3 Å². The lowest BCUT2D eigenvalue weighted by atomic mass is 10.1. The first-order chi connectivity index (χ1) is 12.0. The van der Waals surface area contributed by atoms with Crippen LogP contribution >= 0.6 is 0 Å². The van der Waals surface area contributed by atoms with E-state index in [9.17, 15) is 4.79 Å². The van der Waals surface area contributed by atoms with E-state index in [4.69, 9.17) is 14.0 Å². The average Bonchev–Trinajstić information content (AvgIpc) is 2.59. The second kappa shape index (κ2) is 15.7. The summed E-state index contributed by atoms with van der Waals surface area (Å²) in [6.07, 6.45) is 13.0. The van der Waals surface area contributed by atoms with Crippen LogP contribution in [-0.2, 0) is 13.6 Å². The molecule has 0 aliphatic carbocycles. The first kappa shape index (κ1) is 24.5. The summed E-state index contributed by atoms with van der Waals surface area (Å²) in [4.78, 5) is 11.7. The Morgan fingerprint density at radius 1 is 1.04 bits per heavy atom. The number of aliphatic hydroxyl groups excluding tert-OH is 1. The fourth-order valence-corrected chi connectivity index (χ4v) is 5.74. The highest BCUT2D eigenvalue weighted by Gasteiger charge is 2.33. The summed E-state index contributed by atoms with van der Waals surface area (Å²) in [5.41, 5.74) is 0. The summed E-state index contributed by atoms with van der Waals surface area (Å²) < 4.78 is 11.9. The summed E-state index contributed by atoms with van der Waals surface area (Å²) in [7, 11) is -2.27. The van der Waals surface area contributed by atoms with Gasteiger partial charge in [0.15, 0.2) is 5.78 Å². The fraction of sp³-hybridized carbons (Fsp3) is 0.850. The maximum atomic E-state index is 11.7. The van der Waals surface area contributed by atoms with Crippen molar-refractivity contribution in [2.45, 2.75) is 96.8 Å². The van der Waals surface area contributed by atoms with Crippen LogP contribution in [0.25, 0.3) is 0 Å². The second-order valence-corrected chi connectivity index (χ2v) is 10.2.